The van der Waals surface area contributed by atoms with Crippen LogP contribution < -0.4 is 5.32 Å². The SMILES string of the molecule is COC1(c2ccccc2)NC(=O)c2cccc3cccc1c23. The summed E-state index contributed by atoms with van der Waals surface area (Å²) in [6.07, 6.45) is 0. The van der Waals surface area contributed by atoms with Crippen LogP contribution in [0.2, 0.25) is 0 Å². The molecule has 4 rings (SSSR count). The summed E-state index contributed by atoms with van der Waals surface area (Å²) >= 11 is 0. The van der Waals surface area contributed by atoms with E-state index >= 15 is 0 Å². The van der Waals surface area contributed by atoms with E-state index in [1.807, 2.05) is 66.7 Å². The number of benzene rings is 3. The minimum atomic E-state index is -0.952. The maximum Gasteiger partial charge on any atom is 0.254 e. The van der Waals surface area contributed by atoms with Crippen molar-refractivity contribution in [1.29, 1.82) is 0 Å². The van der Waals surface area contributed by atoms with Gasteiger partial charge in [-0.1, -0.05) is 60.7 Å². The minimum absolute atomic E-state index is 0.116. The number of nitrogens with one attached hydrogen (secondary N) is 1. The van der Waals surface area contributed by atoms with Gasteiger partial charge in [-0.2, -0.15) is 0 Å². The topological polar surface area (TPSA) is 38.3 Å². The molecule has 0 aromatic heterocycles. The lowest BCUT2D eigenvalue weighted by atomic mass is 9.84. The number of rotatable bonds is 2. The van der Waals surface area contributed by atoms with Gasteiger partial charge in [-0.15, -0.1) is 0 Å². The van der Waals surface area contributed by atoms with Gasteiger partial charge in [0.1, 0.15) is 0 Å². The Morgan fingerprint density at radius 2 is 1.64 bits per heavy atom. The van der Waals surface area contributed by atoms with Crippen LogP contribution in [0.5, 0.6) is 0 Å². The molecule has 3 heteroatoms. The van der Waals surface area contributed by atoms with Crippen LogP contribution in [0, 0.1) is 0 Å². The average Bonchev–Trinajstić information content (AvgIpc) is 2.59. The average molecular weight is 289 g/mol. The van der Waals surface area contributed by atoms with Gasteiger partial charge in [0.25, 0.3) is 5.91 Å². The predicted molar refractivity (Wildman–Crippen MR) is 85.6 cm³/mol. The van der Waals surface area contributed by atoms with Crippen molar-refractivity contribution in [2.45, 2.75) is 5.72 Å². The van der Waals surface area contributed by atoms with Gasteiger partial charge in [0.15, 0.2) is 5.72 Å². The summed E-state index contributed by atoms with van der Waals surface area (Å²) in [6.45, 7) is 0. The predicted octanol–water partition coefficient (Wildman–Crippen LogP) is 3.43. The second-order valence-electron chi connectivity index (χ2n) is 5.41. The number of carbonyl (C=O) groups excluding carboxylic acids is 1. The van der Waals surface area contributed by atoms with Gasteiger partial charge < -0.3 is 10.1 Å². The molecule has 1 N–H and O–H groups in total. The molecule has 0 fully saturated rings. The Bertz CT molecular complexity index is 868. The summed E-state index contributed by atoms with van der Waals surface area (Å²) in [5.41, 5.74) is 1.62. The number of carbonyl (C=O) groups is 1. The molecule has 0 saturated heterocycles. The van der Waals surface area contributed by atoms with Gasteiger partial charge in [0.05, 0.1) is 0 Å². The highest BCUT2D eigenvalue weighted by Gasteiger charge is 2.41. The molecule has 1 heterocycles. The van der Waals surface area contributed by atoms with Crippen molar-refractivity contribution in [1.82, 2.24) is 5.32 Å². The van der Waals surface area contributed by atoms with Crippen LogP contribution >= 0.6 is 0 Å². The lowest BCUT2D eigenvalue weighted by Gasteiger charge is -2.38. The van der Waals surface area contributed by atoms with Crippen LogP contribution in [0.1, 0.15) is 21.5 Å². The molecular formula is C19H15NO2. The van der Waals surface area contributed by atoms with Crippen molar-refractivity contribution < 1.29 is 9.53 Å². The zero-order valence-corrected chi connectivity index (χ0v) is 12.2. The number of hydrogen-bond donors (Lipinski definition) is 1. The van der Waals surface area contributed by atoms with E-state index in [9.17, 15) is 4.79 Å². The summed E-state index contributed by atoms with van der Waals surface area (Å²) in [5, 5.41) is 5.05. The first-order valence-corrected chi connectivity index (χ1v) is 7.22. The molecule has 3 aromatic carbocycles. The largest absolute Gasteiger partial charge is 0.351 e. The van der Waals surface area contributed by atoms with Crippen LogP contribution in [0.3, 0.4) is 0 Å². The molecule has 0 radical (unpaired) electrons. The second kappa shape index (κ2) is 4.68. The van der Waals surface area contributed by atoms with Gasteiger partial charge in [0.2, 0.25) is 0 Å². The quantitative estimate of drug-likeness (QED) is 0.785. The smallest absolute Gasteiger partial charge is 0.254 e. The fourth-order valence-electron chi connectivity index (χ4n) is 3.30. The zero-order chi connectivity index (χ0) is 15.2. The third-order valence-electron chi connectivity index (χ3n) is 4.30. The standard InChI is InChI=1S/C19H15NO2/c1-22-19(14-9-3-2-4-10-14)16-12-6-8-13-7-5-11-15(17(13)16)18(21)20-19/h2-12H,1H3,(H,20,21). The van der Waals surface area contributed by atoms with Crippen LogP contribution in [0.4, 0.5) is 0 Å². The van der Waals surface area contributed by atoms with E-state index in [0.29, 0.717) is 5.56 Å². The number of methoxy groups -OCH3 is 1. The van der Waals surface area contributed by atoms with Gasteiger partial charge in [-0.3, -0.25) is 4.79 Å². The van der Waals surface area contributed by atoms with Crippen molar-refractivity contribution in [2.24, 2.45) is 0 Å². The van der Waals surface area contributed by atoms with Gasteiger partial charge in [-0.25, -0.2) is 0 Å². The van der Waals surface area contributed by atoms with Crippen LogP contribution in [-0.2, 0) is 10.5 Å². The van der Waals surface area contributed by atoms with Crippen molar-refractivity contribution in [3.8, 4) is 0 Å². The van der Waals surface area contributed by atoms with Crippen molar-refractivity contribution >= 4 is 16.7 Å². The Kier molecular flexibility index (Phi) is 2.78. The maximum absolute atomic E-state index is 12.6. The first kappa shape index (κ1) is 13.0. The minimum Gasteiger partial charge on any atom is -0.351 e. The Labute approximate surface area is 128 Å². The van der Waals surface area contributed by atoms with E-state index in [2.05, 4.69) is 5.32 Å². The van der Waals surface area contributed by atoms with Crippen LogP contribution in [0.15, 0.2) is 66.7 Å². The third-order valence-corrected chi connectivity index (χ3v) is 4.30. The molecule has 1 atom stereocenters. The monoisotopic (exact) mass is 289 g/mol. The summed E-state index contributed by atoms with van der Waals surface area (Å²) in [7, 11) is 1.63. The van der Waals surface area contributed by atoms with E-state index in [1.165, 1.54) is 0 Å². The summed E-state index contributed by atoms with van der Waals surface area (Å²) in [5.74, 6) is -0.116. The van der Waals surface area contributed by atoms with E-state index in [-0.39, 0.29) is 5.91 Å². The zero-order valence-electron chi connectivity index (χ0n) is 12.2. The number of hydrogen-bond acceptors (Lipinski definition) is 2. The molecule has 0 spiro atoms. The highest BCUT2D eigenvalue weighted by atomic mass is 16.5. The van der Waals surface area contributed by atoms with Gasteiger partial charge >= 0.3 is 0 Å². The molecule has 0 bridgehead atoms. The van der Waals surface area contributed by atoms with E-state index in [0.717, 1.165) is 21.9 Å². The molecular weight excluding hydrogens is 274 g/mol. The fraction of sp³-hybridized carbons (Fsp3) is 0.105. The highest BCUT2D eigenvalue weighted by molar-refractivity contribution is 6.11. The lowest BCUT2D eigenvalue weighted by Crippen LogP contribution is -2.51. The maximum atomic E-state index is 12.6. The highest BCUT2D eigenvalue weighted by Crippen LogP contribution is 2.39. The Morgan fingerprint density at radius 1 is 0.909 bits per heavy atom. The Balaban J connectivity index is 2.12. The molecule has 0 saturated carbocycles. The van der Waals surface area contributed by atoms with Crippen molar-refractivity contribution in [2.75, 3.05) is 7.11 Å². The number of ether oxygens (including phenoxy) is 1. The van der Waals surface area contributed by atoms with Gasteiger partial charge in [-0.05, 0) is 11.5 Å². The molecule has 1 amide bonds. The normalized spacial score (nSPS) is 20.0. The van der Waals surface area contributed by atoms with Crippen LogP contribution in [0.25, 0.3) is 10.8 Å². The van der Waals surface area contributed by atoms with E-state index in [4.69, 9.17) is 4.74 Å². The second-order valence-corrected chi connectivity index (χ2v) is 5.41. The first-order valence-electron chi connectivity index (χ1n) is 7.22. The van der Waals surface area contributed by atoms with E-state index < -0.39 is 5.72 Å². The molecule has 3 nitrogen and oxygen atoms in total. The molecule has 1 unspecified atom stereocenters. The Morgan fingerprint density at radius 3 is 2.36 bits per heavy atom. The van der Waals surface area contributed by atoms with Crippen molar-refractivity contribution in [3.05, 3.63) is 83.4 Å². The molecule has 108 valence electrons. The molecule has 22 heavy (non-hydrogen) atoms. The molecule has 1 aliphatic heterocycles. The first-order chi connectivity index (χ1) is 10.8. The van der Waals surface area contributed by atoms with E-state index in [1.54, 1.807) is 7.11 Å². The number of amides is 1. The lowest BCUT2D eigenvalue weighted by molar-refractivity contribution is -0.00556. The Hall–Kier alpha value is -2.65. The van der Waals surface area contributed by atoms with Gasteiger partial charge in [0, 0.05) is 29.2 Å². The van der Waals surface area contributed by atoms with Crippen molar-refractivity contribution in [3.63, 3.8) is 0 Å². The summed E-state index contributed by atoms with van der Waals surface area (Å²) in [6, 6.07) is 21.6. The molecule has 0 aliphatic carbocycles. The van der Waals surface area contributed by atoms with Crippen LogP contribution in [-0.4, -0.2) is 13.0 Å². The third kappa shape index (κ3) is 1.63. The molecule has 1 aliphatic rings. The summed E-state index contributed by atoms with van der Waals surface area (Å²) < 4.78 is 5.85. The fourth-order valence-corrected chi connectivity index (χ4v) is 3.30. The molecule has 3 aromatic rings. The summed E-state index contributed by atoms with van der Waals surface area (Å²) in [4.78, 5) is 12.6.